The first kappa shape index (κ1) is 16.2. The molecule has 0 radical (unpaired) electrons. The zero-order chi connectivity index (χ0) is 15.6. The van der Waals surface area contributed by atoms with Gasteiger partial charge in [-0.1, -0.05) is 26.8 Å². The van der Waals surface area contributed by atoms with E-state index in [0.29, 0.717) is 11.3 Å². The van der Waals surface area contributed by atoms with Crippen molar-refractivity contribution in [3.8, 4) is 11.5 Å². The Morgan fingerprint density at radius 1 is 1.24 bits per heavy atom. The minimum atomic E-state index is -0.106. The van der Waals surface area contributed by atoms with Gasteiger partial charge in [0.1, 0.15) is 11.5 Å². The Morgan fingerprint density at radius 3 is 2.48 bits per heavy atom. The number of rotatable bonds is 4. The van der Waals surface area contributed by atoms with E-state index < -0.39 is 0 Å². The smallest absolute Gasteiger partial charge is 0.128 e. The lowest BCUT2D eigenvalue weighted by Crippen LogP contribution is -2.34. The molecule has 21 heavy (non-hydrogen) atoms. The Labute approximate surface area is 128 Å². The van der Waals surface area contributed by atoms with Crippen molar-refractivity contribution < 1.29 is 9.47 Å². The van der Waals surface area contributed by atoms with Crippen LogP contribution in [-0.2, 0) is 0 Å². The van der Waals surface area contributed by atoms with Gasteiger partial charge in [-0.05, 0) is 49.7 Å². The topological polar surface area (TPSA) is 44.5 Å². The molecule has 118 valence electrons. The fourth-order valence-electron chi connectivity index (χ4n) is 3.78. The predicted octanol–water partition coefficient (Wildman–Crippen LogP) is 4.31. The molecule has 3 atom stereocenters. The maximum Gasteiger partial charge on any atom is 0.128 e. The molecule has 1 aromatic carbocycles. The van der Waals surface area contributed by atoms with Gasteiger partial charge in [0, 0.05) is 6.04 Å². The summed E-state index contributed by atoms with van der Waals surface area (Å²) in [5.41, 5.74) is 7.43. The van der Waals surface area contributed by atoms with Crippen LogP contribution in [0.3, 0.4) is 0 Å². The van der Waals surface area contributed by atoms with Crippen molar-refractivity contribution >= 4 is 0 Å². The summed E-state index contributed by atoms with van der Waals surface area (Å²) in [5.74, 6) is 2.38. The molecule has 1 fully saturated rings. The second-order valence-electron chi connectivity index (χ2n) is 7.31. The highest BCUT2D eigenvalue weighted by Gasteiger charge is 2.33. The number of ether oxygens (including phenoxy) is 2. The van der Waals surface area contributed by atoms with Crippen LogP contribution in [-0.4, -0.2) is 13.2 Å². The summed E-state index contributed by atoms with van der Waals surface area (Å²) in [5, 5.41) is 0. The van der Waals surface area contributed by atoms with E-state index in [1.54, 1.807) is 7.11 Å². The Bertz CT molecular complexity index is 482. The Hall–Kier alpha value is -1.22. The maximum atomic E-state index is 6.34. The fraction of sp³-hybridized carbons (Fsp3) is 0.667. The standard InChI is InChI=1S/C18H29NO2/c1-12-9-14(11-18(3,4)10-12)21-16-8-6-7-15(20-5)17(16)13(2)19/h6-8,12-14H,9-11,19H2,1-5H3/t12?,13-,14?/m0/s1. The van der Waals surface area contributed by atoms with Gasteiger partial charge in [0.15, 0.2) is 0 Å². The molecule has 0 aromatic heterocycles. The van der Waals surface area contributed by atoms with Gasteiger partial charge >= 0.3 is 0 Å². The lowest BCUT2D eigenvalue weighted by molar-refractivity contribution is 0.0552. The quantitative estimate of drug-likeness (QED) is 0.899. The van der Waals surface area contributed by atoms with E-state index in [1.165, 1.54) is 6.42 Å². The molecule has 0 spiro atoms. The predicted molar refractivity (Wildman–Crippen MR) is 86.8 cm³/mol. The molecular formula is C18H29NO2. The average Bonchev–Trinajstić information content (AvgIpc) is 2.35. The molecule has 0 aliphatic heterocycles. The summed E-state index contributed by atoms with van der Waals surface area (Å²) < 4.78 is 11.8. The summed E-state index contributed by atoms with van der Waals surface area (Å²) in [6, 6.07) is 5.81. The van der Waals surface area contributed by atoms with E-state index in [4.69, 9.17) is 15.2 Å². The first-order valence-corrected chi connectivity index (χ1v) is 7.91. The van der Waals surface area contributed by atoms with Gasteiger partial charge in [-0.2, -0.15) is 0 Å². The SMILES string of the molecule is COc1cccc(OC2CC(C)CC(C)(C)C2)c1[C@H](C)N. The van der Waals surface area contributed by atoms with E-state index in [-0.39, 0.29) is 12.1 Å². The highest BCUT2D eigenvalue weighted by atomic mass is 16.5. The zero-order valence-electron chi connectivity index (χ0n) is 14.0. The highest BCUT2D eigenvalue weighted by Crippen LogP contribution is 2.41. The molecule has 1 aromatic rings. The molecule has 0 heterocycles. The van der Waals surface area contributed by atoms with Crippen molar-refractivity contribution in [3.05, 3.63) is 23.8 Å². The number of benzene rings is 1. The second-order valence-corrected chi connectivity index (χ2v) is 7.31. The van der Waals surface area contributed by atoms with Crippen molar-refractivity contribution in [1.29, 1.82) is 0 Å². The lowest BCUT2D eigenvalue weighted by Gasteiger charge is -2.39. The Morgan fingerprint density at radius 2 is 1.90 bits per heavy atom. The molecule has 0 amide bonds. The van der Waals surface area contributed by atoms with Gasteiger partial charge in [0.05, 0.1) is 18.8 Å². The summed E-state index contributed by atoms with van der Waals surface area (Å²) in [4.78, 5) is 0. The molecule has 1 saturated carbocycles. The van der Waals surface area contributed by atoms with Crippen molar-refractivity contribution in [2.45, 2.75) is 59.1 Å². The van der Waals surface area contributed by atoms with Gasteiger partial charge in [-0.25, -0.2) is 0 Å². The third-order valence-corrected chi connectivity index (χ3v) is 4.34. The zero-order valence-corrected chi connectivity index (χ0v) is 14.0. The summed E-state index contributed by atoms with van der Waals surface area (Å²) >= 11 is 0. The van der Waals surface area contributed by atoms with Gasteiger partial charge in [-0.15, -0.1) is 0 Å². The van der Waals surface area contributed by atoms with E-state index in [0.717, 1.165) is 29.9 Å². The van der Waals surface area contributed by atoms with Crippen molar-refractivity contribution in [2.75, 3.05) is 7.11 Å². The minimum absolute atomic E-state index is 0.106. The van der Waals surface area contributed by atoms with Gasteiger partial charge in [0.2, 0.25) is 0 Å². The van der Waals surface area contributed by atoms with Crippen LogP contribution in [0.4, 0.5) is 0 Å². The van der Waals surface area contributed by atoms with Crippen LogP contribution in [0.25, 0.3) is 0 Å². The summed E-state index contributed by atoms with van der Waals surface area (Å²) in [6.45, 7) is 8.95. The normalized spacial score (nSPS) is 26.2. The van der Waals surface area contributed by atoms with Crippen LogP contribution >= 0.6 is 0 Å². The molecule has 3 nitrogen and oxygen atoms in total. The first-order valence-electron chi connectivity index (χ1n) is 7.91. The molecular weight excluding hydrogens is 262 g/mol. The molecule has 2 N–H and O–H groups in total. The average molecular weight is 291 g/mol. The van der Waals surface area contributed by atoms with E-state index in [1.807, 2.05) is 25.1 Å². The lowest BCUT2D eigenvalue weighted by atomic mass is 9.71. The van der Waals surface area contributed by atoms with E-state index in [2.05, 4.69) is 20.8 Å². The maximum absolute atomic E-state index is 6.34. The third kappa shape index (κ3) is 3.91. The van der Waals surface area contributed by atoms with Crippen LogP contribution < -0.4 is 15.2 Å². The number of hydrogen-bond donors (Lipinski definition) is 1. The van der Waals surface area contributed by atoms with Gasteiger partial charge < -0.3 is 15.2 Å². The highest BCUT2D eigenvalue weighted by molar-refractivity contribution is 5.46. The van der Waals surface area contributed by atoms with E-state index >= 15 is 0 Å². The van der Waals surface area contributed by atoms with Gasteiger partial charge in [0.25, 0.3) is 0 Å². The number of hydrogen-bond acceptors (Lipinski definition) is 3. The van der Waals surface area contributed by atoms with Crippen LogP contribution in [0.1, 0.15) is 58.6 Å². The first-order chi connectivity index (χ1) is 9.82. The Balaban J connectivity index is 2.23. The third-order valence-electron chi connectivity index (χ3n) is 4.34. The van der Waals surface area contributed by atoms with Crippen molar-refractivity contribution in [3.63, 3.8) is 0 Å². The largest absolute Gasteiger partial charge is 0.496 e. The van der Waals surface area contributed by atoms with Crippen molar-refractivity contribution in [2.24, 2.45) is 17.1 Å². The molecule has 0 bridgehead atoms. The number of methoxy groups -OCH3 is 1. The minimum Gasteiger partial charge on any atom is -0.496 e. The molecule has 1 aliphatic carbocycles. The molecule has 2 unspecified atom stereocenters. The van der Waals surface area contributed by atoms with Crippen LogP contribution in [0.15, 0.2) is 18.2 Å². The van der Waals surface area contributed by atoms with Crippen molar-refractivity contribution in [1.82, 2.24) is 0 Å². The summed E-state index contributed by atoms with van der Waals surface area (Å²) in [7, 11) is 1.68. The van der Waals surface area contributed by atoms with Gasteiger partial charge in [-0.3, -0.25) is 0 Å². The van der Waals surface area contributed by atoms with Crippen LogP contribution in [0, 0.1) is 11.3 Å². The molecule has 0 saturated heterocycles. The van der Waals surface area contributed by atoms with E-state index in [9.17, 15) is 0 Å². The Kier molecular flexibility index (Phi) is 4.82. The number of nitrogens with two attached hydrogens (primary N) is 1. The second kappa shape index (κ2) is 6.27. The molecule has 1 aliphatic rings. The molecule has 2 rings (SSSR count). The molecule has 3 heteroatoms. The van der Waals surface area contributed by atoms with Crippen LogP contribution in [0.5, 0.6) is 11.5 Å². The van der Waals surface area contributed by atoms with Crippen LogP contribution in [0.2, 0.25) is 0 Å². The monoisotopic (exact) mass is 291 g/mol. The fourth-order valence-corrected chi connectivity index (χ4v) is 3.78. The summed E-state index contributed by atoms with van der Waals surface area (Å²) in [6.07, 6.45) is 3.73.